The number of amides is 1. The van der Waals surface area contributed by atoms with Crippen LogP contribution in [0.2, 0.25) is 0 Å². The number of likely N-dealkylation sites (N-methyl/N-ethyl adjacent to an activating group) is 1. The lowest BCUT2D eigenvalue weighted by Crippen LogP contribution is -2.53. The zero-order chi connectivity index (χ0) is 13.8. The third-order valence-corrected chi connectivity index (χ3v) is 2.92. The van der Waals surface area contributed by atoms with E-state index in [4.69, 9.17) is 10.5 Å². The molecule has 3 N–H and O–H groups in total. The van der Waals surface area contributed by atoms with Gasteiger partial charge in [0.25, 0.3) is 0 Å². The number of halogens is 1. The number of hydrogen-bond donors (Lipinski definition) is 2. The first kappa shape index (κ1) is 14.4. The first-order valence-electron chi connectivity index (χ1n) is 5.78. The second-order valence-electron chi connectivity index (χ2n) is 4.54. The van der Waals surface area contributed by atoms with Crippen LogP contribution in [-0.2, 0) is 4.79 Å². The largest absolute Gasteiger partial charge is 0.491 e. The van der Waals surface area contributed by atoms with Gasteiger partial charge in [0.15, 0.2) is 0 Å². The fourth-order valence-corrected chi connectivity index (χ4v) is 1.72. The molecule has 0 saturated heterocycles. The Hall–Kier alpha value is -1.62. The van der Waals surface area contributed by atoms with Crippen LogP contribution in [0, 0.1) is 5.82 Å². The second-order valence-corrected chi connectivity index (χ2v) is 4.54. The van der Waals surface area contributed by atoms with Crippen molar-refractivity contribution in [3.63, 3.8) is 0 Å². The molecule has 1 rings (SSSR count). The van der Waals surface area contributed by atoms with Gasteiger partial charge in [0.2, 0.25) is 5.91 Å². The number of ether oxygens (including phenoxy) is 1. The Morgan fingerprint density at radius 2 is 2.28 bits per heavy atom. The summed E-state index contributed by atoms with van der Waals surface area (Å²) >= 11 is 0. The van der Waals surface area contributed by atoms with Gasteiger partial charge in [0.1, 0.15) is 11.6 Å². The maximum atomic E-state index is 13.0. The van der Waals surface area contributed by atoms with Crippen molar-refractivity contribution in [3.8, 4) is 5.75 Å². The van der Waals surface area contributed by atoms with E-state index in [9.17, 15) is 9.18 Å². The van der Waals surface area contributed by atoms with Crippen LogP contribution in [0.15, 0.2) is 24.3 Å². The van der Waals surface area contributed by atoms with Crippen LogP contribution >= 0.6 is 0 Å². The summed E-state index contributed by atoms with van der Waals surface area (Å²) in [6.07, 6.45) is 0.131. The average Bonchev–Trinajstić information content (AvgIpc) is 2.28. The van der Waals surface area contributed by atoms with Crippen LogP contribution in [0.4, 0.5) is 4.39 Å². The first-order valence-corrected chi connectivity index (χ1v) is 5.78. The van der Waals surface area contributed by atoms with E-state index in [1.165, 1.54) is 12.1 Å². The number of nitrogens with one attached hydrogen (secondary N) is 1. The predicted molar refractivity (Wildman–Crippen MR) is 67.8 cm³/mol. The Labute approximate surface area is 106 Å². The van der Waals surface area contributed by atoms with Gasteiger partial charge in [-0.25, -0.2) is 4.39 Å². The molecule has 0 aliphatic heterocycles. The lowest BCUT2D eigenvalue weighted by Gasteiger charge is -2.28. The van der Waals surface area contributed by atoms with Crippen LogP contribution in [0.25, 0.3) is 0 Å². The van der Waals surface area contributed by atoms with E-state index in [0.29, 0.717) is 12.2 Å². The summed E-state index contributed by atoms with van der Waals surface area (Å²) < 4.78 is 18.5. The highest BCUT2D eigenvalue weighted by atomic mass is 19.1. The summed E-state index contributed by atoms with van der Waals surface area (Å²) in [6, 6.07) is 5.89. The second kappa shape index (κ2) is 5.82. The van der Waals surface area contributed by atoms with E-state index in [0.717, 1.165) is 0 Å². The number of benzene rings is 1. The van der Waals surface area contributed by atoms with Crippen molar-refractivity contribution < 1.29 is 13.9 Å². The van der Waals surface area contributed by atoms with Gasteiger partial charge >= 0.3 is 0 Å². The molecule has 4 nitrogen and oxygen atoms in total. The molecule has 2 unspecified atom stereocenters. The summed E-state index contributed by atoms with van der Waals surface area (Å²) in [7, 11) is 1.67. The highest BCUT2D eigenvalue weighted by Crippen LogP contribution is 2.18. The standard InChI is InChI=1S/C13H19FN2O2/c1-9(8-13(2,16-3)12(15)17)18-11-6-4-5-10(14)7-11/h4-7,9,16H,8H2,1-3H3,(H2,15,17). The monoisotopic (exact) mass is 254 g/mol. The molecular formula is C13H19FN2O2. The van der Waals surface area contributed by atoms with Gasteiger partial charge in [-0.15, -0.1) is 0 Å². The zero-order valence-corrected chi connectivity index (χ0v) is 10.9. The normalized spacial score (nSPS) is 15.8. The molecule has 1 aromatic carbocycles. The molecule has 18 heavy (non-hydrogen) atoms. The summed E-state index contributed by atoms with van der Waals surface area (Å²) in [4.78, 5) is 11.3. The van der Waals surface area contributed by atoms with Crippen molar-refractivity contribution in [2.75, 3.05) is 7.05 Å². The lowest BCUT2D eigenvalue weighted by molar-refractivity contribution is -0.124. The van der Waals surface area contributed by atoms with Crippen molar-refractivity contribution in [3.05, 3.63) is 30.1 Å². The topological polar surface area (TPSA) is 64.3 Å². The van der Waals surface area contributed by atoms with Crippen molar-refractivity contribution in [1.29, 1.82) is 0 Å². The summed E-state index contributed by atoms with van der Waals surface area (Å²) in [5, 5.41) is 2.88. The minimum Gasteiger partial charge on any atom is -0.491 e. The summed E-state index contributed by atoms with van der Waals surface area (Å²) in [5.41, 5.74) is 4.49. The van der Waals surface area contributed by atoms with Crippen molar-refractivity contribution >= 4 is 5.91 Å². The van der Waals surface area contributed by atoms with Gasteiger partial charge in [-0.05, 0) is 33.0 Å². The fourth-order valence-electron chi connectivity index (χ4n) is 1.72. The molecule has 0 aliphatic rings. The lowest BCUT2D eigenvalue weighted by atomic mass is 9.94. The van der Waals surface area contributed by atoms with Crippen LogP contribution in [0.3, 0.4) is 0 Å². The number of carbonyl (C=O) groups is 1. The number of hydrogen-bond acceptors (Lipinski definition) is 3. The molecule has 0 radical (unpaired) electrons. The van der Waals surface area contributed by atoms with Crippen LogP contribution < -0.4 is 15.8 Å². The molecule has 0 bridgehead atoms. The number of carbonyl (C=O) groups excluding carboxylic acids is 1. The van der Waals surface area contributed by atoms with E-state index in [1.54, 1.807) is 26.1 Å². The van der Waals surface area contributed by atoms with Crippen LogP contribution in [-0.4, -0.2) is 24.6 Å². The minimum atomic E-state index is -0.841. The molecular weight excluding hydrogens is 235 g/mol. The quantitative estimate of drug-likeness (QED) is 0.807. The Morgan fingerprint density at radius 1 is 1.61 bits per heavy atom. The molecule has 0 heterocycles. The third kappa shape index (κ3) is 3.70. The van der Waals surface area contributed by atoms with E-state index >= 15 is 0 Å². The average molecular weight is 254 g/mol. The van der Waals surface area contributed by atoms with Gasteiger partial charge in [-0.3, -0.25) is 4.79 Å². The Morgan fingerprint density at radius 3 is 2.78 bits per heavy atom. The van der Waals surface area contributed by atoms with E-state index in [2.05, 4.69) is 5.32 Å². The van der Waals surface area contributed by atoms with Gasteiger partial charge < -0.3 is 15.8 Å². The predicted octanol–water partition coefficient (Wildman–Crippen LogP) is 1.45. The molecule has 0 aliphatic carbocycles. The minimum absolute atomic E-state index is 0.267. The van der Waals surface area contributed by atoms with Crippen molar-refractivity contribution in [2.24, 2.45) is 5.73 Å². The maximum absolute atomic E-state index is 13.0. The first-order chi connectivity index (χ1) is 8.37. The highest BCUT2D eigenvalue weighted by Gasteiger charge is 2.31. The SMILES string of the molecule is CNC(C)(CC(C)Oc1cccc(F)c1)C(N)=O. The maximum Gasteiger partial charge on any atom is 0.237 e. The van der Waals surface area contributed by atoms with E-state index in [1.807, 2.05) is 6.92 Å². The Balaban J connectivity index is 2.66. The molecule has 1 aromatic rings. The van der Waals surface area contributed by atoms with E-state index < -0.39 is 11.4 Å². The van der Waals surface area contributed by atoms with Crippen LogP contribution in [0.1, 0.15) is 20.3 Å². The molecule has 0 saturated carbocycles. The number of primary amides is 1. The Bertz CT molecular complexity index is 425. The summed E-state index contributed by atoms with van der Waals surface area (Å²) in [6.45, 7) is 3.52. The third-order valence-electron chi connectivity index (χ3n) is 2.92. The smallest absolute Gasteiger partial charge is 0.237 e. The van der Waals surface area contributed by atoms with Crippen molar-refractivity contribution in [2.45, 2.75) is 31.9 Å². The highest BCUT2D eigenvalue weighted by molar-refractivity contribution is 5.84. The molecule has 100 valence electrons. The Kier molecular flexibility index (Phi) is 4.67. The van der Waals surface area contributed by atoms with Crippen molar-refractivity contribution in [1.82, 2.24) is 5.32 Å². The van der Waals surface area contributed by atoms with E-state index in [-0.39, 0.29) is 11.9 Å². The molecule has 0 spiro atoms. The number of nitrogens with two attached hydrogens (primary N) is 1. The molecule has 1 amide bonds. The summed E-state index contributed by atoms with van der Waals surface area (Å²) in [5.74, 6) is -0.365. The molecule has 0 aromatic heterocycles. The fraction of sp³-hybridized carbons (Fsp3) is 0.462. The molecule has 2 atom stereocenters. The zero-order valence-electron chi connectivity index (χ0n) is 10.9. The van der Waals surface area contributed by atoms with Gasteiger partial charge in [0, 0.05) is 12.5 Å². The molecule has 0 fully saturated rings. The number of rotatable bonds is 6. The van der Waals surface area contributed by atoms with Gasteiger partial charge in [-0.1, -0.05) is 6.07 Å². The van der Waals surface area contributed by atoms with Gasteiger partial charge in [0.05, 0.1) is 11.6 Å². The van der Waals surface area contributed by atoms with Crippen LogP contribution in [0.5, 0.6) is 5.75 Å². The van der Waals surface area contributed by atoms with Gasteiger partial charge in [-0.2, -0.15) is 0 Å². The molecule has 5 heteroatoms.